The highest BCUT2D eigenvalue weighted by Gasteiger charge is 2.32. The molecule has 0 bridgehead atoms. The molecular formula is C7H8N4O4S. The topological polar surface area (TPSA) is 112 Å². The van der Waals surface area contributed by atoms with Crippen molar-refractivity contribution in [2.45, 2.75) is 6.42 Å². The Morgan fingerprint density at radius 3 is 3.00 bits per heavy atom. The minimum absolute atomic E-state index is 0.163. The summed E-state index contributed by atoms with van der Waals surface area (Å²) in [7, 11) is -4.09. The largest absolute Gasteiger partial charge is 0.464 e. The highest BCUT2D eigenvalue weighted by atomic mass is 32.2. The van der Waals surface area contributed by atoms with Crippen molar-refractivity contribution >= 4 is 22.1 Å². The molecule has 0 spiro atoms. The van der Waals surface area contributed by atoms with Crippen LogP contribution in [0.4, 0.5) is 10.6 Å². The molecule has 2 heterocycles. The maximum absolute atomic E-state index is 11.6. The summed E-state index contributed by atoms with van der Waals surface area (Å²) in [5.41, 5.74) is 0.728. The van der Waals surface area contributed by atoms with E-state index < -0.39 is 16.3 Å². The van der Waals surface area contributed by atoms with Gasteiger partial charge in [0.2, 0.25) is 0 Å². The van der Waals surface area contributed by atoms with Gasteiger partial charge in [-0.25, -0.2) is 13.8 Å². The van der Waals surface area contributed by atoms with Crippen molar-refractivity contribution in [2.24, 2.45) is 0 Å². The van der Waals surface area contributed by atoms with Gasteiger partial charge in [-0.3, -0.25) is 0 Å². The fourth-order valence-electron chi connectivity index (χ4n) is 1.48. The summed E-state index contributed by atoms with van der Waals surface area (Å²) in [4.78, 5) is 10.3. The number of nitrogens with zero attached hydrogens (tertiary/aromatic N) is 3. The van der Waals surface area contributed by atoms with E-state index in [0.29, 0.717) is 6.42 Å². The lowest BCUT2D eigenvalue weighted by atomic mass is 10.2. The molecule has 1 aromatic rings. The van der Waals surface area contributed by atoms with Crippen LogP contribution in [-0.2, 0) is 16.6 Å². The number of rotatable bonds is 2. The summed E-state index contributed by atoms with van der Waals surface area (Å²) < 4.78 is 25.5. The number of nitrogens with one attached hydrogen (secondary N) is 1. The van der Waals surface area contributed by atoms with Crippen molar-refractivity contribution in [1.29, 1.82) is 0 Å². The van der Waals surface area contributed by atoms with Gasteiger partial charge in [0.15, 0.2) is 5.82 Å². The van der Waals surface area contributed by atoms with Crippen molar-refractivity contribution in [3.05, 3.63) is 17.8 Å². The van der Waals surface area contributed by atoms with E-state index in [9.17, 15) is 13.2 Å². The number of aromatic nitrogens is 2. The smallest absolute Gasteiger partial charge is 0.419 e. The molecule has 1 amide bonds. The summed E-state index contributed by atoms with van der Waals surface area (Å²) in [5.74, 6) is 0.177. The number of amides is 1. The van der Waals surface area contributed by atoms with E-state index in [1.54, 1.807) is 6.07 Å². The minimum atomic E-state index is -4.09. The van der Waals surface area contributed by atoms with Gasteiger partial charge < -0.3 is 5.11 Å². The Morgan fingerprint density at radius 2 is 2.31 bits per heavy atom. The summed E-state index contributed by atoms with van der Waals surface area (Å²) >= 11 is 0. The first-order valence-electron chi connectivity index (χ1n) is 4.34. The quantitative estimate of drug-likeness (QED) is 0.715. The van der Waals surface area contributed by atoms with E-state index in [4.69, 9.17) is 5.11 Å². The van der Waals surface area contributed by atoms with Crippen molar-refractivity contribution in [2.75, 3.05) is 10.8 Å². The molecule has 86 valence electrons. The maximum Gasteiger partial charge on any atom is 0.419 e. The Morgan fingerprint density at radius 1 is 1.56 bits per heavy atom. The molecule has 16 heavy (non-hydrogen) atoms. The Hall–Kier alpha value is -1.90. The van der Waals surface area contributed by atoms with Gasteiger partial charge >= 0.3 is 16.3 Å². The van der Waals surface area contributed by atoms with Crippen molar-refractivity contribution in [3.63, 3.8) is 0 Å². The molecule has 2 N–H and O–H groups in total. The van der Waals surface area contributed by atoms with Crippen LogP contribution in [0.25, 0.3) is 0 Å². The van der Waals surface area contributed by atoms with Crippen molar-refractivity contribution in [3.8, 4) is 0 Å². The highest BCUT2D eigenvalue weighted by molar-refractivity contribution is 7.91. The second kappa shape index (κ2) is 3.59. The Kier molecular flexibility index (Phi) is 2.38. The first-order valence-corrected chi connectivity index (χ1v) is 5.79. The van der Waals surface area contributed by atoms with Gasteiger partial charge in [0.05, 0.1) is 6.20 Å². The summed E-state index contributed by atoms with van der Waals surface area (Å²) in [5, 5.41) is 15.7. The number of hydrogen-bond donors (Lipinski definition) is 2. The lowest BCUT2D eigenvalue weighted by Crippen LogP contribution is -2.42. The number of anilines is 1. The number of hydrogen-bond acceptors (Lipinski definition) is 5. The van der Waals surface area contributed by atoms with E-state index in [2.05, 4.69) is 10.2 Å². The highest BCUT2D eigenvalue weighted by Crippen LogP contribution is 2.25. The predicted molar refractivity (Wildman–Crippen MR) is 53.2 cm³/mol. The van der Waals surface area contributed by atoms with Crippen LogP contribution in [0.3, 0.4) is 0 Å². The molecule has 1 aromatic heterocycles. The van der Waals surface area contributed by atoms with E-state index in [-0.39, 0.29) is 12.4 Å². The molecule has 8 nitrogen and oxygen atoms in total. The van der Waals surface area contributed by atoms with Gasteiger partial charge in [0, 0.05) is 12.1 Å². The van der Waals surface area contributed by atoms with Crippen LogP contribution in [0, 0.1) is 0 Å². The molecule has 0 saturated carbocycles. The maximum atomic E-state index is 11.6. The zero-order valence-electron chi connectivity index (χ0n) is 7.99. The molecule has 0 radical (unpaired) electrons. The van der Waals surface area contributed by atoms with E-state index in [1.807, 2.05) is 0 Å². The van der Waals surface area contributed by atoms with Crippen LogP contribution in [0.2, 0.25) is 0 Å². The van der Waals surface area contributed by atoms with Crippen LogP contribution < -0.4 is 9.03 Å². The monoisotopic (exact) mass is 244 g/mol. The van der Waals surface area contributed by atoms with Crippen LogP contribution in [-0.4, -0.2) is 36.4 Å². The van der Waals surface area contributed by atoms with Gasteiger partial charge in [0.25, 0.3) is 0 Å². The second-order valence-electron chi connectivity index (χ2n) is 3.11. The van der Waals surface area contributed by atoms with Gasteiger partial charge in [-0.05, 0) is 12.5 Å². The zero-order chi connectivity index (χ0) is 11.8. The first-order chi connectivity index (χ1) is 7.50. The second-order valence-corrected chi connectivity index (χ2v) is 4.71. The third kappa shape index (κ3) is 1.76. The van der Waals surface area contributed by atoms with E-state index >= 15 is 0 Å². The fraction of sp³-hybridized carbons (Fsp3) is 0.286. The summed E-state index contributed by atoms with van der Waals surface area (Å²) in [6.45, 7) is 0.163. The lowest BCUT2D eigenvalue weighted by Gasteiger charge is -2.16. The van der Waals surface area contributed by atoms with Crippen LogP contribution in [0.15, 0.2) is 12.3 Å². The molecule has 0 atom stereocenters. The van der Waals surface area contributed by atoms with Crippen LogP contribution in [0.5, 0.6) is 0 Å². The number of fused-ring (bicyclic) bond motifs is 1. The SMILES string of the molecule is O=C(O)NS(=O)(=O)N1CCc2ccnnc21. The first kappa shape index (κ1) is 10.6. The number of carbonyl (C=O) groups is 1. The normalized spacial score (nSPS) is 14.6. The van der Waals surface area contributed by atoms with Gasteiger partial charge in [-0.2, -0.15) is 13.5 Å². The molecule has 0 aliphatic carbocycles. The van der Waals surface area contributed by atoms with Gasteiger partial charge in [0.1, 0.15) is 0 Å². The standard InChI is InChI=1S/C7H8N4O4S/c12-7(13)10-16(14,15)11-4-2-5-1-3-8-9-6(5)11/h1,3,10H,2,4H2,(H,12,13). The Bertz CT molecular complexity index is 529. The third-order valence-electron chi connectivity index (χ3n) is 2.11. The van der Waals surface area contributed by atoms with Gasteiger partial charge in [-0.1, -0.05) is 0 Å². The van der Waals surface area contributed by atoms with Crippen LogP contribution in [0.1, 0.15) is 5.56 Å². The molecule has 0 aromatic carbocycles. The van der Waals surface area contributed by atoms with Crippen LogP contribution >= 0.6 is 0 Å². The number of carboxylic acid groups (broad SMARTS) is 1. The van der Waals surface area contributed by atoms with E-state index in [1.165, 1.54) is 10.9 Å². The fourth-order valence-corrected chi connectivity index (χ4v) is 2.53. The average Bonchev–Trinajstić information content (AvgIpc) is 2.59. The lowest BCUT2D eigenvalue weighted by molar-refractivity contribution is 0.201. The Labute approximate surface area is 91.1 Å². The molecule has 1 aliphatic heterocycles. The average molecular weight is 244 g/mol. The molecule has 9 heteroatoms. The molecular weight excluding hydrogens is 236 g/mol. The molecule has 1 aliphatic rings. The summed E-state index contributed by atoms with van der Waals surface area (Å²) in [6, 6.07) is 1.65. The minimum Gasteiger partial charge on any atom is -0.464 e. The molecule has 2 rings (SSSR count). The molecule has 0 saturated heterocycles. The predicted octanol–water partition coefficient (Wildman–Crippen LogP) is -0.648. The van der Waals surface area contributed by atoms with Crippen molar-refractivity contribution < 1.29 is 18.3 Å². The molecule has 0 unspecified atom stereocenters. The Balaban J connectivity index is 2.35. The summed E-state index contributed by atoms with van der Waals surface area (Å²) in [6.07, 6.45) is 0.322. The third-order valence-corrected chi connectivity index (χ3v) is 3.48. The molecule has 0 fully saturated rings. The zero-order valence-corrected chi connectivity index (χ0v) is 8.81. The van der Waals surface area contributed by atoms with Gasteiger partial charge in [-0.15, -0.1) is 5.10 Å². The van der Waals surface area contributed by atoms with Crippen molar-refractivity contribution in [1.82, 2.24) is 14.9 Å². The van der Waals surface area contributed by atoms with E-state index in [0.717, 1.165) is 9.87 Å².